The van der Waals surface area contributed by atoms with Crippen LogP contribution in [0.2, 0.25) is 10.0 Å². The van der Waals surface area contributed by atoms with Crippen molar-refractivity contribution in [1.29, 1.82) is 0 Å². The Kier molecular flexibility index (Phi) is 4.88. The van der Waals surface area contributed by atoms with Gasteiger partial charge < -0.3 is 15.4 Å². The van der Waals surface area contributed by atoms with Crippen LogP contribution in [0.1, 0.15) is 24.1 Å². The molecule has 0 aromatic heterocycles. The summed E-state index contributed by atoms with van der Waals surface area (Å²) in [6, 6.07) is 13.9. The van der Waals surface area contributed by atoms with E-state index >= 15 is 0 Å². The third-order valence-corrected chi connectivity index (χ3v) is 4.55. The largest absolute Gasteiger partial charge is 0.431 e. The van der Waals surface area contributed by atoms with Crippen molar-refractivity contribution in [1.82, 2.24) is 10.6 Å². The van der Waals surface area contributed by atoms with Gasteiger partial charge >= 0.3 is 6.09 Å². The standard InChI is InChI=1S/C18H16Cl2N2O3/c1-18(10-21-17(24)25-18)16(23)22-15(11-2-6-13(19)7-3-11)12-4-8-14(20)9-5-12/h2-9,15H,10H2,1H3,(H,21,24)(H,22,23)/t18-/m1/s1. The smallest absolute Gasteiger partial charge is 0.408 e. The zero-order chi connectivity index (χ0) is 18.0. The number of rotatable bonds is 4. The molecule has 0 saturated carbocycles. The number of hydrogen-bond acceptors (Lipinski definition) is 3. The van der Waals surface area contributed by atoms with Crippen LogP contribution >= 0.6 is 23.2 Å². The molecule has 3 rings (SSSR count). The maximum atomic E-state index is 12.7. The normalized spacial score (nSPS) is 19.4. The van der Waals surface area contributed by atoms with E-state index < -0.39 is 17.7 Å². The Morgan fingerprint density at radius 1 is 1.08 bits per heavy atom. The number of carbonyl (C=O) groups excluding carboxylic acids is 2. The molecule has 7 heteroatoms. The second kappa shape index (κ2) is 6.94. The highest BCUT2D eigenvalue weighted by Crippen LogP contribution is 2.26. The molecule has 1 fully saturated rings. The zero-order valence-electron chi connectivity index (χ0n) is 13.4. The van der Waals surface area contributed by atoms with E-state index in [2.05, 4.69) is 10.6 Å². The van der Waals surface area contributed by atoms with Gasteiger partial charge in [-0.05, 0) is 42.3 Å². The van der Waals surface area contributed by atoms with Crippen LogP contribution in [0.25, 0.3) is 0 Å². The van der Waals surface area contributed by atoms with E-state index in [1.807, 2.05) is 24.3 Å². The SMILES string of the molecule is C[C@]1(C(=O)NC(c2ccc(Cl)cc2)c2ccc(Cl)cc2)CNC(=O)O1. The third kappa shape index (κ3) is 3.89. The molecule has 130 valence electrons. The van der Waals surface area contributed by atoms with Crippen molar-refractivity contribution >= 4 is 35.2 Å². The Hall–Kier alpha value is -2.24. The van der Waals surface area contributed by atoms with Crippen LogP contribution in [0, 0.1) is 0 Å². The summed E-state index contributed by atoms with van der Waals surface area (Å²) in [6.07, 6.45) is -0.604. The summed E-state index contributed by atoms with van der Waals surface area (Å²) in [5.74, 6) is -0.388. The quantitative estimate of drug-likeness (QED) is 0.852. The van der Waals surface area contributed by atoms with Crippen LogP contribution in [0.15, 0.2) is 48.5 Å². The first-order chi connectivity index (χ1) is 11.9. The lowest BCUT2D eigenvalue weighted by Gasteiger charge is -2.26. The number of amides is 2. The van der Waals surface area contributed by atoms with Gasteiger partial charge in [0.05, 0.1) is 12.6 Å². The number of carbonyl (C=O) groups is 2. The summed E-state index contributed by atoms with van der Waals surface area (Å²) >= 11 is 11.9. The maximum absolute atomic E-state index is 12.7. The minimum atomic E-state index is -1.26. The summed E-state index contributed by atoms with van der Waals surface area (Å²) in [4.78, 5) is 24.0. The zero-order valence-corrected chi connectivity index (χ0v) is 14.9. The lowest BCUT2D eigenvalue weighted by molar-refractivity contribution is -0.135. The van der Waals surface area contributed by atoms with Crippen molar-refractivity contribution < 1.29 is 14.3 Å². The molecule has 1 aliphatic rings. The lowest BCUT2D eigenvalue weighted by Crippen LogP contribution is -2.48. The fourth-order valence-corrected chi connectivity index (χ4v) is 2.85. The van der Waals surface area contributed by atoms with E-state index in [9.17, 15) is 9.59 Å². The molecule has 0 unspecified atom stereocenters. The monoisotopic (exact) mass is 378 g/mol. The number of alkyl carbamates (subject to hydrolysis) is 1. The average molecular weight is 379 g/mol. The number of cyclic esters (lactones) is 1. The molecular weight excluding hydrogens is 363 g/mol. The van der Waals surface area contributed by atoms with Gasteiger partial charge in [0.15, 0.2) is 0 Å². The van der Waals surface area contributed by atoms with Crippen LogP contribution in [-0.2, 0) is 9.53 Å². The van der Waals surface area contributed by atoms with Crippen LogP contribution in [-0.4, -0.2) is 24.1 Å². The van der Waals surface area contributed by atoms with Gasteiger partial charge in [-0.2, -0.15) is 0 Å². The Balaban J connectivity index is 1.91. The topological polar surface area (TPSA) is 67.4 Å². The van der Waals surface area contributed by atoms with Crippen LogP contribution in [0.3, 0.4) is 0 Å². The fraction of sp³-hybridized carbons (Fsp3) is 0.222. The van der Waals surface area contributed by atoms with E-state index in [-0.39, 0.29) is 12.5 Å². The van der Waals surface area contributed by atoms with Crippen molar-refractivity contribution in [3.8, 4) is 0 Å². The molecule has 2 aromatic carbocycles. The van der Waals surface area contributed by atoms with Gasteiger partial charge in [-0.25, -0.2) is 4.79 Å². The van der Waals surface area contributed by atoms with E-state index in [4.69, 9.17) is 27.9 Å². The molecule has 2 amide bonds. The third-order valence-electron chi connectivity index (χ3n) is 4.05. The first kappa shape index (κ1) is 17.6. The molecule has 25 heavy (non-hydrogen) atoms. The van der Waals surface area contributed by atoms with Crippen molar-refractivity contribution in [2.45, 2.75) is 18.6 Å². The molecule has 1 saturated heterocycles. The molecule has 5 nitrogen and oxygen atoms in total. The van der Waals surface area contributed by atoms with Gasteiger partial charge in [0.2, 0.25) is 5.60 Å². The van der Waals surface area contributed by atoms with Gasteiger partial charge in [0, 0.05) is 10.0 Å². The molecule has 0 radical (unpaired) electrons. The van der Waals surface area contributed by atoms with Gasteiger partial charge in [-0.3, -0.25) is 4.79 Å². The average Bonchev–Trinajstić information content (AvgIpc) is 2.95. The second-order valence-electron chi connectivity index (χ2n) is 5.98. The van der Waals surface area contributed by atoms with Crippen LogP contribution in [0.4, 0.5) is 4.79 Å². The Morgan fingerprint density at radius 3 is 1.96 bits per heavy atom. The minimum absolute atomic E-state index is 0.117. The highest BCUT2D eigenvalue weighted by atomic mass is 35.5. The number of nitrogens with one attached hydrogen (secondary N) is 2. The first-order valence-corrected chi connectivity index (χ1v) is 8.42. The predicted molar refractivity (Wildman–Crippen MR) is 95.8 cm³/mol. The van der Waals surface area contributed by atoms with Crippen molar-refractivity contribution in [3.05, 3.63) is 69.7 Å². The van der Waals surface area contributed by atoms with Crippen LogP contribution < -0.4 is 10.6 Å². The molecule has 0 spiro atoms. The van der Waals surface area contributed by atoms with Gasteiger partial charge in [0.1, 0.15) is 0 Å². The number of benzene rings is 2. The summed E-state index contributed by atoms with van der Waals surface area (Å²) < 4.78 is 5.12. The summed E-state index contributed by atoms with van der Waals surface area (Å²) in [7, 11) is 0. The van der Waals surface area contributed by atoms with E-state index in [1.165, 1.54) is 0 Å². The lowest BCUT2D eigenvalue weighted by atomic mass is 9.97. The first-order valence-electron chi connectivity index (χ1n) is 7.66. The number of ether oxygens (including phenoxy) is 1. The highest BCUT2D eigenvalue weighted by Gasteiger charge is 2.43. The predicted octanol–water partition coefficient (Wildman–Crippen LogP) is 3.70. The minimum Gasteiger partial charge on any atom is -0.431 e. The second-order valence-corrected chi connectivity index (χ2v) is 6.86. The van der Waals surface area contributed by atoms with Crippen molar-refractivity contribution in [3.63, 3.8) is 0 Å². The van der Waals surface area contributed by atoms with E-state index in [1.54, 1.807) is 31.2 Å². The number of halogens is 2. The van der Waals surface area contributed by atoms with Gasteiger partial charge in [-0.1, -0.05) is 47.5 Å². The molecule has 2 aromatic rings. The highest BCUT2D eigenvalue weighted by molar-refractivity contribution is 6.30. The van der Waals surface area contributed by atoms with Gasteiger partial charge in [-0.15, -0.1) is 0 Å². The summed E-state index contributed by atoms with van der Waals surface area (Å²) in [5, 5.41) is 6.66. The van der Waals surface area contributed by atoms with E-state index in [0.717, 1.165) is 11.1 Å². The van der Waals surface area contributed by atoms with Crippen LogP contribution in [0.5, 0.6) is 0 Å². The molecular formula is C18H16Cl2N2O3. The summed E-state index contributed by atoms with van der Waals surface area (Å²) in [6.45, 7) is 1.69. The Bertz CT molecular complexity index is 747. The molecule has 2 N–H and O–H groups in total. The Morgan fingerprint density at radius 2 is 1.56 bits per heavy atom. The fourth-order valence-electron chi connectivity index (χ4n) is 2.60. The molecule has 1 aliphatic heterocycles. The molecule has 1 heterocycles. The maximum Gasteiger partial charge on any atom is 0.408 e. The van der Waals surface area contributed by atoms with Crippen molar-refractivity contribution in [2.75, 3.05) is 6.54 Å². The number of hydrogen-bond donors (Lipinski definition) is 2. The van der Waals surface area contributed by atoms with Crippen molar-refractivity contribution in [2.24, 2.45) is 0 Å². The molecule has 0 aliphatic carbocycles. The summed E-state index contributed by atoms with van der Waals surface area (Å²) in [5.41, 5.74) is 0.440. The van der Waals surface area contributed by atoms with Gasteiger partial charge in [0.25, 0.3) is 5.91 Å². The molecule has 1 atom stereocenters. The Labute approximate surface area is 155 Å². The molecule has 0 bridgehead atoms. The van der Waals surface area contributed by atoms with E-state index in [0.29, 0.717) is 10.0 Å².